The average Bonchev–Trinajstić information content (AvgIpc) is 2.72. The van der Waals surface area contributed by atoms with E-state index in [0.717, 1.165) is 5.56 Å². The Labute approximate surface area is 170 Å². The zero-order valence-electron chi connectivity index (χ0n) is 16.6. The Balaban J connectivity index is 1.68. The summed E-state index contributed by atoms with van der Waals surface area (Å²) in [6.07, 6.45) is 3.00. The fourth-order valence-corrected chi connectivity index (χ4v) is 3.20. The van der Waals surface area contributed by atoms with Crippen molar-refractivity contribution in [2.24, 2.45) is 4.99 Å². The summed E-state index contributed by atoms with van der Waals surface area (Å²) < 4.78 is 19.3. The average molecular weight is 399 g/mol. The van der Waals surface area contributed by atoms with Crippen LogP contribution in [0.3, 0.4) is 0 Å². The van der Waals surface area contributed by atoms with E-state index in [0.29, 0.717) is 31.3 Å². The van der Waals surface area contributed by atoms with Crippen LogP contribution in [0.1, 0.15) is 25.5 Å². The van der Waals surface area contributed by atoms with Crippen molar-refractivity contribution in [2.45, 2.75) is 26.1 Å². The molecule has 3 rings (SSSR count). The number of morpholine rings is 1. The van der Waals surface area contributed by atoms with Gasteiger partial charge in [-0.05, 0) is 43.7 Å². The lowest BCUT2D eigenvalue weighted by Gasteiger charge is -2.38. The number of carbonyl (C=O) groups excluding carboxylic acids is 1. The van der Waals surface area contributed by atoms with E-state index in [1.54, 1.807) is 36.7 Å². The van der Waals surface area contributed by atoms with Crippen LogP contribution in [-0.4, -0.2) is 54.0 Å². The normalized spacial score (nSPS) is 19.7. The summed E-state index contributed by atoms with van der Waals surface area (Å²) in [5.74, 6) is 0.157. The van der Waals surface area contributed by atoms with Crippen LogP contribution in [0.15, 0.2) is 53.8 Å². The number of anilines is 1. The van der Waals surface area contributed by atoms with Crippen molar-refractivity contribution in [1.29, 1.82) is 0 Å². The van der Waals surface area contributed by atoms with Crippen LogP contribution in [0.5, 0.6) is 0 Å². The molecule has 1 aromatic carbocycles. The van der Waals surface area contributed by atoms with E-state index >= 15 is 0 Å². The van der Waals surface area contributed by atoms with Crippen molar-refractivity contribution >= 4 is 17.6 Å². The van der Waals surface area contributed by atoms with Gasteiger partial charge < -0.3 is 20.3 Å². The van der Waals surface area contributed by atoms with Gasteiger partial charge >= 0.3 is 0 Å². The lowest BCUT2D eigenvalue weighted by atomic mass is 10.1. The van der Waals surface area contributed by atoms with E-state index in [4.69, 9.17) is 4.74 Å². The number of nitrogens with zero attached hydrogens (tertiary/aromatic N) is 3. The second-order valence-corrected chi connectivity index (χ2v) is 6.85. The van der Waals surface area contributed by atoms with Gasteiger partial charge in [0.25, 0.3) is 0 Å². The molecule has 2 unspecified atom stereocenters. The predicted octanol–water partition coefficient (Wildman–Crippen LogP) is 2.59. The monoisotopic (exact) mass is 399 g/mol. The zero-order valence-corrected chi connectivity index (χ0v) is 16.6. The van der Waals surface area contributed by atoms with E-state index in [-0.39, 0.29) is 30.5 Å². The van der Waals surface area contributed by atoms with Crippen LogP contribution in [-0.2, 0) is 9.53 Å². The van der Waals surface area contributed by atoms with Gasteiger partial charge in [0, 0.05) is 19.3 Å². The minimum Gasteiger partial charge on any atom is -0.367 e. The number of rotatable bonds is 5. The predicted molar refractivity (Wildman–Crippen MR) is 110 cm³/mol. The van der Waals surface area contributed by atoms with Crippen molar-refractivity contribution in [3.05, 3.63) is 60.2 Å². The number of aromatic nitrogens is 1. The number of aliphatic imine (C=N–C) groups is 1. The molecule has 2 atom stereocenters. The maximum absolute atomic E-state index is 13.2. The zero-order chi connectivity index (χ0) is 20.6. The van der Waals surface area contributed by atoms with Crippen molar-refractivity contribution in [2.75, 3.05) is 31.5 Å². The Morgan fingerprint density at radius 1 is 1.31 bits per heavy atom. The number of hydrogen-bond donors (Lipinski definition) is 2. The molecule has 0 radical (unpaired) electrons. The van der Waals surface area contributed by atoms with Gasteiger partial charge in [-0.1, -0.05) is 12.1 Å². The summed E-state index contributed by atoms with van der Waals surface area (Å²) >= 11 is 0. The van der Waals surface area contributed by atoms with Gasteiger partial charge in [-0.25, -0.2) is 9.38 Å². The van der Waals surface area contributed by atoms with Crippen molar-refractivity contribution in [3.63, 3.8) is 0 Å². The summed E-state index contributed by atoms with van der Waals surface area (Å²) in [7, 11) is 0. The van der Waals surface area contributed by atoms with Crippen LogP contribution in [0.2, 0.25) is 0 Å². The maximum atomic E-state index is 13.2. The third-order valence-corrected chi connectivity index (χ3v) is 4.45. The number of benzene rings is 1. The molecule has 0 saturated carbocycles. The van der Waals surface area contributed by atoms with E-state index in [1.807, 2.05) is 13.8 Å². The topological polar surface area (TPSA) is 78.8 Å². The molecule has 8 heteroatoms. The Kier molecular flexibility index (Phi) is 7.13. The third kappa shape index (κ3) is 5.99. The molecular weight excluding hydrogens is 373 g/mol. The van der Waals surface area contributed by atoms with E-state index in [1.165, 1.54) is 12.1 Å². The number of nitrogens with one attached hydrogen (secondary N) is 2. The highest BCUT2D eigenvalue weighted by atomic mass is 19.1. The fourth-order valence-electron chi connectivity index (χ4n) is 3.20. The molecule has 1 aromatic heterocycles. The van der Waals surface area contributed by atoms with E-state index in [9.17, 15) is 9.18 Å². The van der Waals surface area contributed by atoms with Gasteiger partial charge in [-0.15, -0.1) is 0 Å². The lowest BCUT2D eigenvalue weighted by molar-refractivity contribution is -0.114. The molecule has 0 bridgehead atoms. The minimum atomic E-state index is -0.274. The van der Waals surface area contributed by atoms with Gasteiger partial charge in [-0.2, -0.15) is 0 Å². The maximum Gasteiger partial charge on any atom is 0.246 e. The quantitative estimate of drug-likeness (QED) is 0.597. The van der Waals surface area contributed by atoms with Crippen molar-refractivity contribution in [1.82, 2.24) is 15.2 Å². The second-order valence-electron chi connectivity index (χ2n) is 6.85. The largest absolute Gasteiger partial charge is 0.367 e. The molecule has 1 amide bonds. The highest BCUT2D eigenvalue weighted by Crippen LogP contribution is 2.25. The molecule has 2 aromatic rings. The van der Waals surface area contributed by atoms with Gasteiger partial charge in [0.2, 0.25) is 5.91 Å². The summed E-state index contributed by atoms with van der Waals surface area (Å²) in [5.41, 5.74) is 1.54. The molecule has 0 spiro atoms. The highest BCUT2D eigenvalue weighted by Gasteiger charge is 2.28. The highest BCUT2D eigenvalue weighted by molar-refractivity contribution is 5.93. The molecule has 1 saturated heterocycles. The summed E-state index contributed by atoms with van der Waals surface area (Å²) in [4.78, 5) is 22.8. The Morgan fingerprint density at radius 2 is 2.10 bits per heavy atom. The van der Waals surface area contributed by atoms with Crippen LogP contribution >= 0.6 is 0 Å². The van der Waals surface area contributed by atoms with Gasteiger partial charge in [0.15, 0.2) is 5.96 Å². The number of carbonyl (C=O) groups is 1. The molecule has 2 heterocycles. The molecule has 1 fully saturated rings. The summed E-state index contributed by atoms with van der Waals surface area (Å²) in [6, 6.07) is 9.88. The van der Waals surface area contributed by atoms with Crippen LogP contribution < -0.4 is 10.6 Å². The van der Waals surface area contributed by atoms with Gasteiger partial charge in [0.05, 0.1) is 24.5 Å². The first kappa shape index (κ1) is 20.7. The second kappa shape index (κ2) is 9.97. The number of hydrogen-bond acceptors (Lipinski definition) is 4. The number of halogens is 1. The number of guanidine groups is 1. The van der Waals surface area contributed by atoms with Crippen molar-refractivity contribution < 1.29 is 13.9 Å². The fraction of sp³-hybridized carbons (Fsp3) is 0.381. The number of amides is 1. The number of pyridine rings is 1. The Hall–Kier alpha value is -3.00. The summed E-state index contributed by atoms with van der Waals surface area (Å²) in [5, 5.41) is 6.02. The molecule has 1 aliphatic rings. The van der Waals surface area contributed by atoms with Crippen LogP contribution in [0.4, 0.5) is 10.1 Å². The number of ether oxygens (including phenoxy) is 1. The Morgan fingerprint density at radius 3 is 2.79 bits per heavy atom. The first-order chi connectivity index (χ1) is 14.0. The molecule has 0 aliphatic carbocycles. The first-order valence-electron chi connectivity index (χ1n) is 9.69. The summed E-state index contributed by atoms with van der Waals surface area (Å²) in [6.45, 7) is 5.84. The molecular formula is C21H26FN5O2. The van der Waals surface area contributed by atoms with E-state index in [2.05, 4.69) is 25.5 Å². The molecule has 154 valence electrons. The molecule has 1 aliphatic heterocycles. The van der Waals surface area contributed by atoms with Crippen LogP contribution in [0.25, 0.3) is 0 Å². The smallest absolute Gasteiger partial charge is 0.246 e. The van der Waals surface area contributed by atoms with Gasteiger partial charge in [-0.3, -0.25) is 9.78 Å². The standard InChI is InChI=1S/C21H26FN5O2/c1-3-24-21(25-12-20(28)26-18-5-4-10-23-11-18)27-13-15(2)29-19(14-27)16-6-8-17(22)9-7-16/h4-11,15,19H,3,12-14H2,1-2H3,(H,24,25)(H,26,28). The van der Waals surface area contributed by atoms with Crippen LogP contribution in [0, 0.1) is 5.82 Å². The van der Waals surface area contributed by atoms with Crippen molar-refractivity contribution in [3.8, 4) is 0 Å². The van der Waals surface area contributed by atoms with E-state index < -0.39 is 0 Å². The SMILES string of the molecule is CCNC(=NCC(=O)Nc1cccnc1)N1CC(C)OC(c2ccc(F)cc2)C1. The third-order valence-electron chi connectivity index (χ3n) is 4.45. The molecule has 2 N–H and O–H groups in total. The Bertz CT molecular complexity index is 829. The molecule has 29 heavy (non-hydrogen) atoms. The first-order valence-corrected chi connectivity index (χ1v) is 9.69. The molecule has 7 nitrogen and oxygen atoms in total. The minimum absolute atomic E-state index is 0.00974. The van der Waals surface area contributed by atoms with Gasteiger partial charge in [0.1, 0.15) is 18.5 Å². The lowest BCUT2D eigenvalue weighted by Crippen LogP contribution is -2.51.